The zero-order valence-corrected chi connectivity index (χ0v) is 15.1. The molecule has 1 aliphatic rings. The maximum absolute atomic E-state index is 14.8. The Labute approximate surface area is 153 Å². The molecule has 1 fully saturated rings. The maximum atomic E-state index is 14.8. The van der Waals surface area contributed by atoms with E-state index < -0.39 is 34.0 Å². The Bertz CT molecular complexity index is 977. The number of halogens is 2. The number of fused-ring (bicyclic) bond motifs is 1. The average molecular weight is 384 g/mol. The highest BCUT2D eigenvalue weighted by atomic mass is 35.5. The van der Waals surface area contributed by atoms with Crippen LogP contribution in [-0.2, 0) is 0 Å². The van der Waals surface area contributed by atoms with Gasteiger partial charge in [0.1, 0.15) is 17.2 Å². The molecule has 140 valence electrons. The first-order chi connectivity index (χ1) is 12.0. The molecule has 1 aromatic carbocycles. The number of benzene rings is 1. The first-order valence-electron chi connectivity index (χ1n) is 8.03. The second kappa shape index (κ2) is 6.14. The Kier molecular flexibility index (Phi) is 4.36. The number of pyridine rings is 1. The zero-order valence-electron chi connectivity index (χ0n) is 14.3. The van der Waals surface area contributed by atoms with Crippen LogP contribution in [0.4, 0.5) is 10.1 Å². The van der Waals surface area contributed by atoms with E-state index in [9.17, 15) is 19.1 Å². The summed E-state index contributed by atoms with van der Waals surface area (Å²) < 4.78 is 21.8. The summed E-state index contributed by atoms with van der Waals surface area (Å²) in [6.07, 6.45) is 2.80. The predicted octanol–water partition coefficient (Wildman–Crippen LogP) is 2.53. The number of nitrogens with two attached hydrogens (primary N) is 2. The van der Waals surface area contributed by atoms with E-state index >= 15 is 0 Å². The van der Waals surface area contributed by atoms with E-state index in [2.05, 4.69) is 0 Å². The van der Waals surface area contributed by atoms with Gasteiger partial charge in [0.05, 0.1) is 16.6 Å². The quantitative estimate of drug-likeness (QED) is 0.682. The van der Waals surface area contributed by atoms with Crippen LogP contribution in [0.3, 0.4) is 0 Å². The van der Waals surface area contributed by atoms with Crippen LogP contribution in [0.25, 0.3) is 10.9 Å². The minimum atomic E-state index is -1.41. The van der Waals surface area contributed by atoms with E-state index in [-0.39, 0.29) is 34.3 Å². The van der Waals surface area contributed by atoms with Gasteiger partial charge in [-0.25, -0.2) is 9.18 Å². The molecule has 7 nitrogen and oxygen atoms in total. The Morgan fingerprint density at radius 2 is 2.12 bits per heavy atom. The van der Waals surface area contributed by atoms with Crippen LogP contribution >= 0.6 is 11.6 Å². The zero-order chi connectivity index (χ0) is 19.4. The van der Waals surface area contributed by atoms with Crippen LogP contribution in [-0.4, -0.2) is 27.8 Å². The number of nitrogen functional groups attached to an aromatic ring is 1. The summed E-state index contributed by atoms with van der Waals surface area (Å²) in [5.41, 5.74) is 9.27. The molecule has 5 N–H and O–H groups in total. The Balaban J connectivity index is 2.35. The lowest BCUT2D eigenvalue weighted by atomic mass is 10.1. The van der Waals surface area contributed by atoms with Crippen LogP contribution in [0.5, 0.6) is 5.75 Å². The number of aromatic nitrogens is 1. The number of hydrogen-bond donors (Lipinski definition) is 3. The van der Waals surface area contributed by atoms with Gasteiger partial charge in [0.2, 0.25) is 5.43 Å². The second-order valence-electron chi connectivity index (χ2n) is 7.19. The Morgan fingerprint density at radius 3 is 2.62 bits per heavy atom. The van der Waals surface area contributed by atoms with Crippen LogP contribution in [0, 0.1) is 5.82 Å². The van der Waals surface area contributed by atoms with Crippen LogP contribution in [0.2, 0.25) is 5.02 Å². The van der Waals surface area contributed by atoms with Gasteiger partial charge >= 0.3 is 5.97 Å². The number of aromatic carboxylic acids is 1. The molecule has 26 heavy (non-hydrogen) atoms. The summed E-state index contributed by atoms with van der Waals surface area (Å²) in [5, 5.41) is 8.91. The SMILES string of the molecule is CC(C)(N)COc1c(F)c(N)c2c(=O)c(C(=O)O)cn(C3CC3)c2c1Cl. The summed E-state index contributed by atoms with van der Waals surface area (Å²) in [4.78, 5) is 24.0. The molecular formula is C17H19ClFN3O4. The first kappa shape index (κ1) is 18.5. The van der Waals surface area contributed by atoms with Crippen molar-refractivity contribution in [3.05, 3.63) is 32.8 Å². The molecule has 9 heteroatoms. The van der Waals surface area contributed by atoms with E-state index in [1.807, 2.05) is 0 Å². The standard InChI is InChI=1S/C17H19ClFN3O4/c1-17(2,21)6-26-15-10(18)13-9(12(20)11(15)19)14(23)8(16(24)25)5-22(13)7-3-4-7/h5,7H,3-4,6,20-21H2,1-2H3,(H,24,25). The van der Waals surface area contributed by atoms with E-state index in [0.29, 0.717) is 0 Å². The normalized spacial score (nSPS) is 14.7. The molecule has 3 rings (SSSR count). The molecule has 1 aliphatic carbocycles. The fourth-order valence-electron chi connectivity index (χ4n) is 2.72. The van der Waals surface area contributed by atoms with Gasteiger partial charge in [0.15, 0.2) is 11.6 Å². The van der Waals surface area contributed by atoms with Gasteiger partial charge in [0, 0.05) is 17.8 Å². The fourth-order valence-corrected chi connectivity index (χ4v) is 3.05. The fraction of sp³-hybridized carbons (Fsp3) is 0.412. The van der Waals surface area contributed by atoms with Gasteiger partial charge in [-0.15, -0.1) is 0 Å². The Hall–Kier alpha value is -2.32. The molecule has 0 unspecified atom stereocenters. The molecule has 1 heterocycles. The van der Waals surface area contributed by atoms with Crippen molar-refractivity contribution in [2.45, 2.75) is 38.3 Å². The lowest BCUT2D eigenvalue weighted by molar-refractivity contribution is 0.0695. The van der Waals surface area contributed by atoms with Crippen molar-refractivity contribution in [1.82, 2.24) is 4.57 Å². The van der Waals surface area contributed by atoms with Gasteiger partial charge in [-0.05, 0) is 26.7 Å². The molecule has 0 saturated heterocycles. The van der Waals surface area contributed by atoms with Gasteiger partial charge in [-0.3, -0.25) is 4.79 Å². The van der Waals surface area contributed by atoms with Crippen molar-refractivity contribution in [2.24, 2.45) is 5.73 Å². The molecule has 0 aliphatic heterocycles. The van der Waals surface area contributed by atoms with Crippen molar-refractivity contribution in [3.63, 3.8) is 0 Å². The topological polar surface area (TPSA) is 121 Å². The number of anilines is 1. The van der Waals surface area contributed by atoms with Crippen LogP contribution in [0.1, 0.15) is 43.1 Å². The van der Waals surface area contributed by atoms with Crippen molar-refractivity contribution in [3.8, 4) is 5.75 Å². The molecule has 1 saturated carbocycles. The molecule has 1 aromatic heterocycles. The average Bonchev–Trinajstić information content (AvgIpc) is 3.35. The third-order valence-electron chi connectivity index (χ3n) is 4.11. The minimum Gasteiger partial charge on any atom is -0.487 e. The number of rotatable bonds is 5. The largest absolute Gasteiger partial charge is 0.487 e. The number of carboxylic acids is 1. The third kappa shape index (κ3) is 3.10. The van der Waals surface area contributed by atoms with Gasteiger partial charge in [0.25, 0.3) is 0 Å². The van der Waals surface area contributed by atoms with Gasteiger partial charge in [-0.1, -0.05) is 11.6 Å². The molecule has 0 radical (unpaired) electrons. The summed E-state index contributed by atoms with van der Waals surface area (Å²) >= 11 is 6.36. The lowest BCUT2D eigenvalue weighted by Crippen LogP contribution is -2.39. The highest BCUT2D eigenvalue weighted by Gasteiger charge is 2.31. The molecule has 0 spiro atoms. The minimum absolute atomic E-state index is 0.0302. The van der Waals surface area contributed by atoms with Gasteiger partial charge in [-0.2, -0.15) is 0 Å². The Morgan fingerprint density at radius 1 is 1.50 bits per heavy atom. The summed E-state index contributed by atoms with van der Waals surface area (Å²) in [6.45, 7) is 3.36. The smallest absolute Gasteiger partial charge is 0.341 e. The van der Waals surface area contributed by atoms with Crippen molar-refractivity contribution >= 4 is 34.2 Å². The predicted molar refractivity (Wildman–Crippen MR) is 96.6 cm³/mol. The number of hydrogen-bond acceptors (Lipinski definition) is 5. The van der Waals surface area contributed by atoms with Gasteiger partial charge < -0.3 is 25.9 Å². The molecular weight excluding hydrogens is 365 g/mol. The number of ether oxygens (including phenoxy) is 1. The number of carbonyl (C=O) groups is 1. The second-order valence-corrected chi connectivity index (χ2v) is 7.57. The van der Waals surface area contributed by atoms with Crippen molar-refractivity contribution in [1.29, 1.82) is 0 Å². The first-order valence-corrected chi connectivity index (χ1v) is 8.41. The van der Waals surface area contributed by atoms with E-state index in [1.165, 1.54) is 6.20 Å². The molecule has 2 aromatic rings. The summed E-state index contributed by atoms with van der Waals surface area (Å²) in [7, 11) is 0. The van der Waals surface area contributed by atoms with Crippen molar-refractivity contribution in [2.75, 3.05) is 12.3 Å². The van der Waals surface area contributed by atoms with Crippen LogP contribution in [0.15, 0.2) is 11.0 Å². The number of nitrogens with zero attached hydrogens (tertiary/aromatic N) is 1. The highest BCUT2D eigenvalue weighted by molar-refractivity contribution is 6.37. The van der Waals surface area contributed by atoms with E-state index in [4.69, 9.17) is 27.8 Å². The number of carboxylic acid groups (broad SMARTS) is 1. The summed E-state index contributed by atoms with van der Waals surface area (Å²) in [6, 6.07) is -0.0302. The monoisotopic (exact) mass is 383 g/mol. The third-order valence-corrected chi connectivity index (χ3v) is 4.46. The lowest BCUT2D eigenvalue weighted by Gasteiger charge is -2.22. The summed E-state index contributed by atoms with van der Waals surface area (Å²) in [5.74, 6) is -2.71. The molecule has 0 bridgehead atoms. The maximum Gasteiger partial charge on any atom is 0.341 e. The van der Waals surface area contributed by atoms with Crippen molar-refractivity contribution < 1.29 is 19.0 Å². The van der Waals surface area contributed by atoms with E-state index in [1.54, 1.807) is 18.4 Å². The molecule has 0 amide bonds. The highest BCUT2D eigenvalue weighted by Crippen LogP contribution is 2.44. The van der Waals surface area contributed by atoms with E-state index in [0.717, 1.165) is 12.8 Å². The molecule has 0 atom stereocenters. The van der Waals surface area contributed by atoms with Crippen LogP contribution < -0.4 is 21.6 Å².